The van der Waals surface area contributed by atoms with Crippen LogP contribution in [0.1, 0.15) is 40.0 Å². The Kier molecular flexibility index (Phi) is 5.50. The third kappa shape index (κ3) is 3.74. The Labute approximate surface area is 105 Å². The van der Waals surface area contributed by atoms with Crippen LogP contribution in [0, 0.1) is 24.2 Å². The average Bonchev–Trinajstić information content (AvgIpc) is 2.67. The van der Waals surface area contributed by atoms with Gasteiger partial charge in [-0.3, -0.25) is 4.79 Å². The summed E-state index contributed by atoms with van der Waals surface area (Å²) in [4.78, 5) is 11.7. The van der Waals surface area contributed by atoms with Gasteiger partial charge in [0.05, 0.1) is 12.6 Å². The van der Waals surface area contributed by atoms with Gasteiger partial charge >= 0.3 is 0 Å². The van der Waals surface area contributed by atoms with Crippen LogP contribution in [0.4, 0.5) is 0 Å². The van der Waals surface area contributed by atoms with Gasteiger partial charge < -0.3 is 10.6 Å². The maximum atomic E-state index is 11.7. The predicted molar refractivity (Wildman–Crippen MR) is 70.4 cm³/mol. The lowest BCUT2D eigenvalue weighted by Crippen LogP contribution is -2.47. The van der Waals surface area contributed by atoms with Gasteiger partial charge in [-0.25, -0.2) is 0 Å². The van der Waals surface area contributed by atoms with Crippen molar-refractivity contribution in [1.82, 2.24) is 10.6 Å². The first-order chi connectivity index (χ1) is 8.10. The maximum absolute atomic E-state index is 11.7. The molecule has 1 amide bonds. The molecule has 4 atom stereocenters. The van der Waals surface area contributed by atoms with E-state index < -0.39 is 0 Å². The highest BCUT2D eigenvalue weighted by Crippen LogP contribution is 2.33. The second-order valence-corrected chi connectivity index (χ2v) is 5.02. The molecular weight excluding hydrogens is 212 g/mol. The molecule has 0 spiro atoms. The van der Waals surface area contributed by atoms with Crippen LogP contribution in [0.3, 0.4) is 0 Å². The Hall–Kier alpha value is -1.01. The van der Waals surface area contributed by atoms with Gasteiger partial charge in [0, 0.05) is 6.04 Å². The quantitative estimate of drug-likeness (QED) is 0.711. The number of rotatable bonds is 5. The number of terminal acetylenes is 1. The van der Waals surface area contributed by atoms with E-state index in [1.165, 1.54) is 19.3 Å². The van der Waals surface area contributed by atoms with Crippen molar-refractivity contribution in [3.05, 3.63) is 0 Å². The summed E-state index contributed by atoms with van der Waals surface area (Å²) in [7, 11) is 0. The van der Waals surface area contributed by atoms with Crippen LogP contribution in [0.15, 0.2) is 0 Å². The fourth-order valence-electron chi connectivity index (χ4n) is 2.75. The molecule has 3 heteroatoms. The van der Waals surface area contributed by atoms with E-state index in [1.54, 1.807) is 0 Å². The molecule has 0 saturated heterocycles. The van der Waals surface area contributed by atoms with Crippen molar-refractivity contribution in [1.29, 1.82) is 0 Å². The van der Waals surface area contributed by atoms with Crippen LogP contribution < -0.4 is 10.6 Å². The number of amides is 1. The van der Waals surface area contributed by atoms with Crippen LogP contribution in [0.25, 0.3) is 0 Å². The Morgan fingerprint density at radius 2 is 2.24 bits per heavy atom. The molecule has 17 heavy (non-hydrogen) atoms. The van der Waals surface area contributed by atoms with E-state index >= 15 is 0 Å². The van der Waals surface area contributed by atoms with Crippen molar-refractivity contribution in [2.24, 2.45) is 11.8 Å². The highest BCUT2D eigenvalue weighted by molar-refractivity contribution is 5.81. The third-order valence-electron chi connectivity index (χ3n) is 3.97. The van der Waals surface area contributed by atoms with Gasteiger partial charge in [0.25, 0.3) is 0 Å². The SMILES string of the molecule is C#CCNC(=O)C(C)NC1CCC(CC)C1C. The van der Waals surface area contributed by atoms with Gasteiger partial charge in [-0.2, -0.15) is 0 Å². The number of hydrogen-bond acceptors (Lipinski definition) is 2. The van der Waals surface area contributed by atoms with Crippen LogP contribution in [0.5, 0.6) is 0 Å². The van der Waals surface area contributed by atoms with Crippen LogP contribution >= 0.6 is 0 Å². The predicted octanol–water partition coefficient (Wildman–Crippen LogP) is 1.54. The topological polar surface area (TPSA) is 41.1 Å². The van der Waals surface area contributed by atoms with E-state index in [-0.39, 0.29) is 11.9 Å². The van der Waals surface area contributed by atoms with E-state index in [4.69, 9.17) is 6.42 Å². The fraction of sp³-hybridized carbons (Fsp3) is 0.786. The summed E-state index contributed by atoms with van der Waals surface area (Å²) in [6.45, 7) is 6.73. The Balaban J connectivity index is 2.39. The summed E-state index contributed by atoms with van der Waals surface area (Å²) in [5.41, 5.74) is 0. The number of hydrogen-bond donors (Lipinski definition) is 2. The normalized spacial score (nSPS) is 29.6. The molecule has 1 aliphatic rings. The van der Waals surface area contributed by atoms with E-state index in [1.807, 2.05) is 6.92 Å². The minimum absolute atomic E-state index is 0.00454. The molecular formula is C14H24N2O. The average molecular weight is 236 g/mol. The molecule has 1 aliphatic carbocycles. The van der Waals surface area contributed by atoms with Crippen LogP contribution in [-0.2, 0) is 4.79 Å². The molecule has 1 saturated carbocycles. The van der Waals surface area contributed by atoms with Crippen molar-refractivity contribution < 1.29 is 4.79 Å². The van der Waals surface area contributed by atoms with Crippen molar-refractivity contribution in [3.63, 3.8) is 0 Å². The van der Waals surface area contributed by atoms with Crippen molar-refractivity contribution in [2.75, 3.05) is 6.54 Å². The smallest absolute Gasteiger partial charge is 0.237 e. The molecule has 0 aromatic heterocycles. The molecule has 0 aliphatic heterocycles. The molecule has 4 unspecified atom stereocenters. The Bertz CT molecular complexity index is 295. The monoisotopic (exact) mass is 236 g/mol. The fourth-order valence-corrected chi connectivity index (χ4v) is 2.75. The summed E-state index contributed by atoms with van der Waals surface area (Å²) in [6, 6.07) is 0.304. The minimum Gasteiger partial charge on any atom is -0.344 e. The lowest BCUT2D eigenvalue weighted by molar-refractivity contribution is -0.122. The van der Waals surface area contributed by atoms with E-state index in [0.717, 1.165) is 5.92 Å². The Morgan fingerprint density at radius 3 is 2.76 bits per heavy atom. The zero-order valence-electron chi connectivity index (χ0n) is 11.1. The van der Waals surface area contributed by atoms with Gasteiger partial charge in [-0.15, -0.1) is 6.42 Å². The van der Waals surface area contributed by atoms with Gasteiger partial charge in [-0.05, 0) is 31.6 Å². The van der Waals surface area contributed by atoms with Gasteiger partial charge in [-0.1, -0.05) is 26.2 Å². The first-order valence-corrected chi connectivity index (χ1v) is 6.57. The standard InChI is InChI=1S/C14H24N2O/c1-5-9-15-14(17)11(4)16-13-8-7-12(6-2)10(13)3/h1,10-13,16H,6-9H2,2-4H3,(H,15,17). The van der Waals surface area contributed by atoms with E-state index in [9.17, 15) is 4.79 Å². The molecule has 1 fully saturated rings. The second kappa shape index (κ2) is 6.66. The minimum atomic E-state index is -0.161. The maximum Gasteiger partial charge on any atom is 0.237 e. The Morgan fingerprint density at radius 1 is 1.53 bits per heavy atom. The number of nitrogens with one attached hydrogen (secondary N) is 2. The second-order valence-electron chi connectivity index (χ2n) is 5.02. The lowest BCUT2D eigenvalue weighted by atomic mass is 9.93. The molecule has 0 aromatic rings. The van der Waals surface area contributed by atoms with Crippen molar-refractivity contribution in [2.45, 2.75) is 52.1 Å². The summed E-state index contributed by atoms with van der Waals surface area (Å²) in [5.74, 6) is 3.86. The molecule has 96 valence electrons. The zero-order valence-corrected chi connectivity index (χ0v) is 11.1. The molecule has 3 nitrogen and oxygen atoms in total. The van der Waals surface area contributed by atoms with Gasteiger partial charge in [0.15, 0.2) is 0 Å². The summed E-state index contributed by atoms with van der Waals surface area (Å²) in [5, 5.41) is 6.13. The highest BCUT2D eigenvalue weighted by Gasteiger charge is 2.32. The first kappa shape index (κ1) is 14.1. The number of carbonyl (C=O) groups is 1. The third-order valence-corrected chi connectivity index (χ3v) is 3.97. The lowest BCUT2D eigenvalue weighted by Gasteiger charge is -2.24. The van der Waals surface area contributed by atoms with Crippen molar-refractivity contribution >= 4 is 5.91 Å². The van der Waals surface area contributed by atoms with Crippen LogP contribution in [0.2, 0.25) is 0 Å². The van der Waals surface area contributed by atoms with Crippen molar-refractivity contribution in [3.8, 4) is 12.3 Å². The highest BCUT2D eigenvalue weighted by atomic mass is 16.2. The van der Waals surface area contributed by atoms with Crippen LogP contribution in [-0.4, -0.2) is 24.5 Å². The van der Waals surface area contributed by atoms with Gasteiger partial charge in [0.1, 0.15) is 0 Å². The number of carbonyl (C=O) groups excluding carboxylic acids is 1. The molecule has 0 aromatic carbocycles. The molecule has 0 heterocycles. The largest absolute Gasteiger partial charge is 0.344 e. The summed E-state index contributed by atoms with van der Waals surface area (Å²) < 4.78 is 0. The van der Waals surface area contributed by atoms with E-state index in [2.05, 4.69) is 30.4 Å². The zero-order chi connectivity index (χ0) is 12.8. The summed E-state index contributed by atoms with van der Waals surface area (Å²) in [6.07, 6.45) is 8.79. The first-order valence-electron chi connectivity index (χ1n) is 6.57. The van der Waals surface area contributed by atoms with E-state index in [0.29, 0.717) is 18.5 Å². The molecule has 2 N–H and O–H groups in total. The van der Waals surface area contributed by atoms with Gasteiger partial charge in [0.2, 0.25) is 5.91 Å². The molecule has 1 rings (SSSR count). The summed E-state index contributed by atoms with van der Waals surface area (Å²) >= 11 is 0. The molecule has 0 radical (unpaired) electrons. The molecule has 0 bridgehead atoms.